The van der Waals surface area contributed by atoms with Crippen LogP contribution in [0.2, 0.25) is 0 Å². The molecule has 0 amide bonds. The maximum Gasteiger partial charge on any atom is 0.225 e. The number of nitrogens with zero attached hydrogens (tertiary/aromatic N) is 7. The van der Waals surface area contributed by atoms with Crippen LogP contribution >= 0.6 is 0 Å². The van der Waals surface area contributed by atoms with E-state index >= 15 is 0 Å². The molecule has 0 radical (unpaired) electrons. The summed E-state index contributed by atoms with van der Waals surface area (Å²) in [6.45, 7) is 5.27. The summed E-state index contributed by atoms with van der Waals surface area (Å²) in [5, 5.41) is 8.98. The standard InChI is InChI=1S/C17H25N7/c1-22-15(13-23-9-2-3-10-23)20-21-16(22)14-5-11-24(12-6-14)17-18-7-4-8-19-17/h4,7-8,14H,2-3,5-6,9-13H2,1H3. The summed E-state index contributed by atoms with van der Waals surface area (Å²) in [6.07, 6.45) is 8.39. The van der Waals surface area contributed by atoms with E-state index < -0.39 is 0 Å². The summed E-state index contributed by atoms with van der Waals surface area (Å²) in [6, 6.07) is 1.86. The number of likely N-dealkylation sites (tertiary alicyclic amines) is 1. The van der Waals surface area contributed by atoms with E-state index in [0.29, 0.717) is 5.92 Å². The molecule has 0 aromatic carbocycles. The Hall–Kier alpha value is -2.02. The Labute approximate surface area is 142 Å². The van der Waals surface area contributed by atoms with Gasteiger partial charge in [-0.25, -0.2) is 9.97 Å². The normalized spacial score (nSPS) is 20.0. The molecule has 2 aliphatic heterocycles. The molecule has 0 spiro atoms. The van der Waals surface area contributed by atoms with Gasteiger partial charge in [0, 0.05) is 38.4 Å². The van der Waals surface area contributed by atoms with Gasteiger partial charge in [0.05, 0.1) is 6.54 Å². The number of hydrogen-bond donors (Lipinski definition) is 0. The van der Waals surface area contributed by atoms with Crippen LogP contribution in [-0.2, 0) is 13.6 Å². The predicted molar refractivity (Wildman–Crippen MR) is 91.7 cm³/mol. The number of rotatable bonds is 4. The Kier molecular flexibility index (Phi) is 4.42. The van der Waals surface area contributed by atoms with Gasteiger partial charge < -0.3 is 9.47 Å². The molecule has 0 bridgehead atoms. The highest BCUT2D eigenvalue weighted by Crippen LogP contribution is 2.28. The third kappa shape index (κ3) is 3.13. The largest absolute Gasteiger partial charge is 0.341 e. The summed E-state index contributed by atoms with van der Waals surface area (Å²) >= 11 is 0. The maximum atomic E-state index is 4.52. The lowest BCUT2D eigenvalue weighted by molar-refractivity contribution is 0.317. The molecule has 0 N–H and O–H groups in total. The molecule has 2 aliphatic rings. The Morgan fingerprint density at radius 2 is 1.71 bits per heavy atom. The zero-order valence-electron chi connectivity index (χ0n) is 14.3. The van der Waals surface area contributed by atoms with Crippen LogP contribution in [0.15, 0.2) is 18.5 Å². The fourth-order valence-corrected chi connectivity index (χ4v) is 3.80. The van der Waals surface area contributed by atoms with Crippen molar-refractivity contribution in [3.8, 4) is 0 Å². The van der Waals surface area contributed by atoms with Crippen molar-refractivity contribution in [2.75, 3.05) is 31.1 Å². The average molecular weight is 327 g/mol. The summed E-state index contributed by atoms with van der Waals surface area (Å²) in [5.41, 5.74) is 0. The summed E-state index contributed by atoms with van der Waals surface area (Å²) in [5.74, 6) is 3.55. The van der Waals surface area contributed by atoms with Crippen LogP contribution in [0.25, 0.3) is 0 Å². The van der Waals surface area contributed by atoms with Gasteiger partial charge in [0.25, 0.3) is 0 Å². The van der Waals surface area contributed by atoms with Crippen LogP contribution < -0.4 is 4.90 Å². The third-order valence-electron chi connectivity index (χ3n) is 5.26. The third-order valence-corrected chi connectivity index (χ3v) is 5.26. The second kappa shape index (κ2) is 6.84. The second-order valence-electron chi connectivity index (χ2n) is 6.83. The van der Waals surface area contributed by atoms with Crippen molar-refractivity contribution < 1.29 is 0 Å². The minimum atomic E-state index is 0.481. The molecule has 0 saturated carbocycles. The number of aromatic nitrogens is 5. The molecule has 2 aromatic heterocycles. The Bertz CT molecular complexity index is 655. The first-order valence-electron chi connectivity index (χ1n) is 8.94. The van der Waals surface area contributed by atoms with Crippen molar-refractivity contribution in [1.29, 1.82) is 0 Å². The van der Waals surface area contributed by atoms with Gasteiger partial charge in [0.1, 0.15) is 11.6 Å². The van der Waals surface area contributed by atoms with E-state index in [0.717, 1.165) is 50.1 Å². The highest BCUT2D eigenvalue weighted by atomic mass is 15.3. The minimum absolute atomic E-state index is 0.481. The maximum absolute atomic E-state index is 4.52. The SMILES string of the molecule is Cn1c(CN2CCCC2)nnc1C1CCN(c2ncccn2)CC1. The van der Waals surface area contributed by atoms with E-state index in [9.17, 15) is 0 Å². The Morgan fingerprint density at radius 3 is 2.42 bits per heavy atom. The second-order valence-corrected chi connectivity index (χ2v) is 6.83. The van der Waals surface area contributed by atoms with E-state index in [1.165, 1.54) is 25.9 Å². The minimum Gasteiger partial charge on any atom is -0.341 e. The first kappa shape index (κ1) is 15.5. The van der Waals surface area contributed by atoms with Gasteiger partial charge in [-0.05, 0) is 44.8 Å². The summed E-state index contributed by atoms with van der Waals surface area (Å²) in [7, 11) is 2.12. The van der Waals surface area contributed by atoms with E-state index in [2.05, 4.69) is 41.6 Å². The lowest BCUT2D eigenvalue weighted by Gasteiger charge is -2.31. The van der Waals surface area contributed by atoms with Gasteiger partial charge in [0.15, 0.2) is 0 Å². The molecule has 7 heteroatoms. The first-order chi connectivity index (χ1) is 11.8. The molecule has 24 heavy (non-hydrogen) atoms. The molecule has 0 atom stereocenters. The van der Waals surface area contributed by atoms with Crippen LogP contribution in [0.4, 0.5) is 5.95 Å². The number of anilines is 1. The van der Waals surface area contributed by atoms with Crippen LogP contribution in [0.1, 0.15) is 43.3 Å². The average Bonchev–Trinajstić information content (AvgIpc) is 3.27. The highest BCUT2D eigenvalue weighted by Gasteiger charge is 2.26. The van der Waals surface area contributed by atoms with Crippen LogP contribution in [0.3, 0.4) is 0 Å². The Balaban J connectivity index is 1.39. The smallest absolute Gasteiger partial charge is 0.225 e. The molecule has 2 fully saturated rings. The molecular formula is C17H25N7. The van der Waals surface area contributed by atoms with Crippen LogP contribution in [0, 0.1) is 0 Å². The van der Waals surface area contributed by atoms with Gasteiger partial charge in [-0.2, -0.15) is 0 Å². The monoisotopic (exact) mass is 327 g/mol. The zero-order valence-corrected chi connectivity index (χ0v) is 14.3. The van der Waals surface area contributed by atoms with Gasteiger partial charge in [-0.1, -0.05) is 0 Å². The molecule has 4 rings (SSSR count). The lowest BCUT2D eigenvalue weighted by atomic mass is 9.96. The fourth-order valence-electron chi connectivity index (χ4n) is 3.80. The molecule has 0 aliphatic carbocycles. The molecule has 7 nitrogen and oxygen atoms in total. The molecule has 2 saturated heterocycles. The summed E-state index contributed by atoms with van der Waals surface area (Å²) in [4.78, 5) is 13.4. The molecule has 128 valence electrons. The van der Waals surface area contributed by atoms with E-state index in [1.54, 1.807) is 0 Å². The van der Waals surface area contributed by atoms with Crippen molar-refractivity contribution in [3.63, 3.8) is 0 Å². The lowest BCUT2D eigenvalue weighted by Crippen LogP contribution is -2.34. The molecule has 0 unspecified atom stereocenters. The van der Waals surface area contributed by atoms with Crippen molar-refractivity contribution in [3.05, 3.63) is 30.1 Å². The highest BCUT2D eigenvalue weighted by molar-refractivity contribution is 5.29. The van der Waals surface area contributed by atoms with Crippen LogP contribution in [0.5, 0.6) is 0 Å². The summed E-state index contributed by atoms with van der Waals surface area (Å²) < 4.78 is 2.22. The van der Waals surface area contributed by atoms with E-state index in [4.69, 9.17) is 0 Å². The predicted octanol–water partition coefficient (Wildman–Crippen LogP) is 1.58. The van der Waals surface area contributed by atoms with Crippen molar-refractivity contribution in [2.24, 2.45) is 7.05 Å². The van der Waals surface area contributed by atoms with Crippen molar-refractivity contribution >= 4 is 5.95 Å². The van der Waals surface area contributed by atoms with Crippen molar-refractivity contribution in [2.45, 2.75) is 38.1 Å². The van der Waals surface area contributed by atoms with Gasteiger partial charge >= 0.3 is 0 Å². The van der Waals surface area contributed by atoms with Gasteiger partial charge in [-0.15, -0.1) is 10.2 Å². The zero-order chi connectivity index (χ0) is 16.4. The number of piperidine rings is 1. The molecular weight excluding hydrogens is 302 g/mol. The Morgan fingerprint density at radius 1 is 1.00 bits per heavy atom. The van der Waals surface area contributed by atoms with Gasteiger partial charge in [-0.3, -0.25) is 4.90 Å². The quantitative estimate of drug-likeness (QED) is 0.850. The van der Waals surface area contributed by atoms with Crippen molar-refractivity contribution in [1.82, 2.24) is 29.6 Å². The molecule has 2 aromatic rings. The van der Waals surface area contributed by atoms with E-state index in [1.807, 2.05) is 18.5 Å². The fraction of sp³-hybridized carbons (Fsp3) is 0.647. The first-order valence-corrected chi connectivity index (χ1v) is 8.94. The van der Waals surface area contributed by atoms with Gasteiger partial charge in [0.2, 0.25) is 5.95 Å². The van der Waals surface area contributed by atoms with Crippen LogP contribution in [-0.4, -0.2) is 55.8 Å². The van der Waals surface area contributed by atoms with E-state index in [-0.39, 0.29) is 0 Å². The molecule has 4 heterocycles. The number of hydrogen-bond acceptors (Lipinski definition) is 6. The topological polar surface area (TPSA) is 63.0 Å².